The monoisotopic (exact) mass is 384 g/mol. The van der Waals surface area contributed by atoms with Gasteiger partial charge in [0.05, 0.1) is 18.4 Å². The van der Waals surface area contributed by atoms with Crippen LogP contribution in [0.4, 0.5) is 11.5 Å². The van der Waals surface area contributed by atoms with E-state index in [2.05, 4.69) is 15.1 Å². The maximum Gasteiger partial charge on any atom is 0.269 e. The number of aliphatic hydroxyl groups is 1. The van der Waals surface area contributed by atoms with Gasteiger partial charge < -0.3 is 15.1 Å². The van der Waals surface area contributed by atoms with Crippen LogP contribution < -0.4 is 9.64 Å². The van der Waals surface area contributed by atoms with E-state index < -0.39 is 11.5 Å². The molecule has 2 aromatic rings. The highest BCUT2D eigenvalue weighted by atomic mass is 16.5. The van der Waals surface area contributed by atoms with Gasteiger partial charge in [-0.05, 0) is 57.4 Å². The molecule has 1 unspecified atom stereocenters. The van der Waals surface area contributed by atoms with E-state index in [9.17, 15) is 15.1 Å². The number of ether oxygens (including phenoxy) is 1. The van der Waals surface area contributed by atoms with Gasteiger partial charge in [-0.25, -0.2) is 9.97 Å². The van der Waals surface area contributed by atoms with Crippen LogP contribution in [0.3, 0.4) is 0 Å². The number of amides is 1. The van der Waals surface area contributed by atoms with Crippen molar-refractivity contribution in [3.63, 3.8) is 0 Å². The summed E-state index contributed by atoms with van der Waals surface area (Å²) in [6.07, 6.45) is 0.379. The van der Waals surface area contributed by atoms with Crippen molar-refractivity contribution in [2.45, 2.75) is 46.6 Å². The third-order valence-electron chi connectivity index (χ3n) is 4.97. The lowest BCUT2D eigenvalue weighted by Gasteiger charge is -2.23. The van der Waals surface area contributed by atoms with Gasteiger partial charge in [0.2, 0.25) is 0 Å². The Labute approximate surface area is 163 Å². The molecular weight excluding hydrogens is 360 g/mol. The predicted octanol–water partition coefficient (Wildman–Crippen LogP) is 2.88. The third-order valence-corrected chi connectivity index (χ3v) is 4.97. The Morgan fingerprint density at radius 1 is 1.25 bits per heavy atom. The summed E-state index contributed by atoms with van der Waals surface area (Å²) in [4.78, 5) is 23.5. The molecule has 0 fully saturated rings. The maximum absolute atomic E-state index is 13.3. The molecule has 2 N–H and O–H groups in total. The summed E-state index contributed by atoms with van der Waals surface area (Å²) in [6.45, 7) is 8.64. The summed E-state index contributed by atoms with van der Waals surface area (Å²) in [5.74, 6) is 0.845. The molecule has 1 atom stereocenters. The van der Waals surface area contributed by atoms with Gasteiger partial charge in [0.25, 0.3) is 5.91 Å². The number of carbonyl (C=O) groups excluding carboxylic acids is 1. The molecule has 0 saturated carbocycles. The first-order valence-electron chi connectivity index (χ1n) is 8.99. The van der Waals surface area contributed by atoms with Crippen LogP contribution in [0.15, 0.2) is 17.3 Å². The zero-order chi connectivity index (χ0) is 20.8. The molecule has 1 amide bonds. The second kappa shape index (κ2) is 6.87. The number of hydrogen-bond acceptors (Lipinski definition) is 7. The molecule has 28 heavy (non-hydrogen) atoms. The molecule has 1 aromatic carbocycles. The van der Waals surface area contributed by atoms with E-state index in [1.807, 2.05) is 26.0 Å². The lowest BCUT2D eigenvalue weighted by Crippen LogP contribution is -2.36. The van der Waals surface area contributed by atoms with Crippen LogP contribution >= 0.6 is 0 Å². The van der Waals surface area contributed by atoms with Crippen molar-refractivity contribution in [2.24, 2.45) is 5.16 Å². The van der Waals surface area contributed by atoms with Gasteiger partial charge in [0.15, 0.2) is 11.4 Å². The molecule has 3 rings (SSSR count). The van der Waals surface area contributed by atoms with Gasteiger partial charge in [-0.2, -0.15) is 0 Å². The Balaban J connectivity index is 2.35. The number of carbonyl (C=O) groups is 1. The second-order valence-electron chi connectivity index (χ2n) is 7.04. The van der Waals surface area contributed by atoms with Gasteiger partial charge >= 0.3 is 0 Å². The van der Waals surface area contributed by atoms with Gasteiger partial charge in [-0.1, -0.05) is 12.1 Å². The molecule has 8 nitrogen and oxygen atoms in total. The standard InChI is InChI=1S/C20H24N4O4/c1-7-14(23-27)16-15-18(22-12(4)21-16)24(19(25)20(15,5)26)17-10(2)8-13(28-6)9-11(17)3/h8-9,26-27H,7H2,1-6H3/b23-14-. The molecule has 0 aliphatic carbocycles. The first-order chi connectivity index (χ1) is 13.2. The summed E-state index contributed by atoms with van der Waals surface area (Å²) >= 11 is 0. The van der Waals surface area contributed by atoms with E-state index in [1.165, 1.54) is 11.8 Å². The maximum atomic E-state index is 13.3. The highest BCUT2D eigenvalue weighted by Crippen LogP contribution is 2.46. The smallest absolute Gasteiger partial charge is 0.269 e. The minimum atomic E-state index is -1.86. The van der Waals surface area contributed by atoms with Crippen LogP contribution in [0.25, 0.3) is 0 Å². The van der Waals surface area contributed by atoms with Gasteiger partial charge in [0, 0.05) is 0 Å². The molecule has 1 aromatic heterocycles. The lowest BCUT2D eigenvalue weighted by molar-refractivity contribution is -0.133. The molecule has 0 radical (unpaired) electrons. The minimum Gasteiger partial charge on any atom is -0.497 e. The fourth-order valence-electron chi connectivity index (χ4n) is 3.68. The number of rotatable bonds is 4. The van der Waals surface area contributed by atoms with Gasteiger partial charge in [-0.3, -0.25) is 9.69 Å². The van der Waals surface area contributed by atoms with Crippen molar-refractivity contribution >= 4 is 23.1 Å². The van der Waals surface area contributed by atoms with Gasteiger partial charge in [0.1, 0.15) is 23.0 Å². The average molecular weight is 384 g/mol. The summed E-state index contributed by atoms with van der Waals surface area (Å²) in [6, 6.07) is 3.65. The normalized spacial score (nSPS) is 19.2. The lowest BCUT2D eigenvalue weighted by atomic mass is 9.95. The van der Waals surface area contributed by atoms with Crippen LogP contribution in [0.1, 0.15) is 48.5 Å². The minimum absolute atomic E-state index is 0.243. The molecule has 2 heterocycles. The van der Waals surface area contributed by atoms with Crippen molar-refractivity contribution in [3.05, 3.63) is 40.3 Å². The first-order valence-corrected chi connectivity index (χ1v) is 8.99. The molecule has 0 saturated heterocycles. The van der Waals surface area contributed by atoms with E-state index in [-0.39, 0.29) is 17.0 Å². The molecule has 1 aliphatic rings. The van der Waals surface area contributed by atoms with Crippen LogP contribution in [-0.2, 0) is 10.4 Å². The molecule has 0 bridgehead atoms. The predicted molar refractivity (Wildman–Crippen MR) is 105 cm³/mol. The molecular formula is C20H24N4O4. The number of aryl methyl sites for hydroxylation is 3. The van der Waals surface area contributed by atoms with E-state index in [0.717, 1.165) is 11.1 Å². The van der Waals surface area contributed by atoms with Crippen molar-refractivity contribution in [1.29, 1.82) is 0 Å². The van der Waals surface area contributed by atoms with Crippen LogP contribution in [-0.4, -0.2) is 39.0 Å². The van der Waals surface area contributed by atoms with Crippen molar-refractivity contribution in [3.8, 4) is 5.75 Å². The Morgan fingerprint density at radius 2 is 1.86 bits per heavy atom. The zero-order valence-electron chi connectivity index (χ0n) is 16.9. The topological polar surface area (TPSA) is 108 Å². The fourth-order valence-corrected chi connectivity index (χ4v) is 3.68. The third kappa shape index (κ3) is 2.80. The van der Waals surface area contributed by atoms with Crippen LogP contribution in [0, 0.1) is 20.8 Å². The van der Waals surface area contributed by atoms with E-state index in [4.69, 9.17) is 4.74 Å². The number of oxime groups is 1. The molecule has 8 heteroatoms. The van der Waals surface area contributed by atoms with E-state index in [1.54, 1.807) is 21.0 Å². The Kier molecular flexibility index (Phi) is 4.84. The Bertz CT molecular complexity index is 975. The molecule has 148 valence electrons. The number of benzene rings is 1. The summed E-state index contributed by atoms with van der Waals surface area (Å²) in [5.41, 5.74) is 1.18. The van der Waals surface area contributed by atoms with Crippen LogP contribution in [0.2, 0.25) is 0 Å². The van der Waals surface area contributed by atoms with Crippen molar-refractivity contribution < 1.29 is 19.8 Å². The Morgan fingerprint density at radius 3 is 2.36 bits per heavy atom. The highest BCUT2D eigenvalue weighted by Gasteiger charge is 2.51. The SMILES string of the molecule is CC/C(=N/O)c1nc(C)nc2c1C(C)(O)C(=O)N2c1c(C)cc(OC)cc1C. The van der Waals surface area contributed by atoms with Gasteiger partial charge in [-0.15, -0.1) is 0 Å². The second-order valence-corrected chi connectivity index (χ2v) is 7.04. The summed E-state index contributed by atoms with van der Waals surface area (Å²) in [5, 5.41) is 23.8. The zero-order valence-corrected chi connectivity index (χ0v) is 16.9. The number of methoxy groups -OCH3 is 1. The van der Waals surface area contributed by atoms with E-state index >= 15 is 0 Å². The Hall–Kier alpha value is -3.00. The quantitative estimate of drug-likeness (QED) is 0.477. The molecule has 0 spiro atoms. The molecule has 1 aliphatic heterocycles. The largest absolute Gasteiger partial charge is 0.497 e. The highest BCUT2D eigenvalue weighted by molar-refractivity contribution is 6.15. The number of aromatic nitrogens is 2. The number of nitrogens with zero attached hydrogens (tertiary/aromatic N) is 4. The fraction of sp³-hybridized carbons (Fsp3) is 0.400. The number of anilines is 2. The average Bonchev–Trinajstić information content (AvgIpc) is 2.82. The summed E-state index contributed by atoms with van der Waals surface area (Å²) in [7, 11) is 1.58. The number of fused-ring (bicyclic) bond motifs is 1. The van der Waals surface area contributed by atoms with E-state index in [0.29, 0.717) is 29.5 Å². The van der Waals surface area contributed by atoms with Crippen LogP contribution in [0.5, 0.6) is 5.75 Å². The van der Waals surface area contributed by atoms with Crippen molar-refractivity contribution in [2.75, 3.05) is 12.0 Å². The summed E-state index contributed by atoms with van der Waals surface area (Å²) < 4.78 is 5.31. The van der Waals surface area contributed by atoms with Crippen molar-refractivity contribution in [1.82, 2.24) is 9.97 Å². The number of hydrogen-bond donors (Lipinski definition) is 2. The first kappa shape index (κ1) is 19.8.